The van der Waals surface area contributed by atoms with E-state index in [2.05, 4.69) is 32.0 Å². The zero-order chi connectivity index (χ0) is 19.7. The molecule has 0 aromatic heterocycles. The van der Waals surface area contributed by atoms with Crippen LogP contribution in [-0.2, 0) is 12.8 Å². The highest BCUT2D eigenvalue weighted by Crippen LogP contribution is 2.35. The molecule has 2 nitrogen and oxygen atoms in total. The predicted molar refractivity (Wildman–Crippen MR) is 111 cm³/mol. The van der Waals surface area contributed by atoms with Crippen molar-refractivity contribution in [2.45, 2.75) is 40.5 Å². The van der Waals surface area contributed by atoms with Gasteiger partial charge in [-0.3, -0.25) is 9.59 Å². The lowest BCUT2D eigenvalue weighted by molar-refractivity contribution is 0.103. The number of carbonyl (C=O) groups excluding carboxylic acids is 2. The van der Waals surface area contributed by atoms with Crippen LogP contribution in [0.15, 0.2) is 36.4 Å². The van der Waals surface area contributed by atoms with Gasteiger partial charge in [-0.05, 0) is 103 Å². The van der Waals surface area contributed by atoms with Crippen molar-refractivity contribution in [3.63, 3.8) is 0 Å². The summed E-state index contributed by atoms with van der Waals surface area (Å²) in [4.78, 5) is 26.4. The lowest BCUT2D eigenvalue weighted by atomic mass is 9.77. The van der Waals surface area contributed by atoms with E-state index in [-0.39, 0.29) is 11.6 Å². The maximum atomic E-state index is 13.2. The molecule has 0 N–H and O–H groups in total. The molecule has 0 spiro atoms. The predicted octanol–water partition coefficient (Wildman–Crippen LogP) is 5.19. The van der Waals surface area contributed by atoms with E-state index in [9.17, 15) is 9.59 Å². The van der Waals surface area contributed by atoms with E-state index < -0.39 is 0 Å². The summed E-state index contributed by atoms with van der Waals surface area (Å²) in [6, 6.07) is 12.2. The Hall–Kier alpha value is -3.00. The number of carbonyl (C=O) groups is 2. The first-order valence-corrected chi connectivity index (χ1v) is 9.79. The third kappa shape index (κ3) is 2.34. The summed E-state index contributed by atoms with van der Waals surface area (Å²) in [7, 11) is 0. The van der Waals surface area contributed by atoms with Crippen molar-refractivity contribution in [2.75, 3.05) is 0 Å². The molecule has 2 aliphatic rings. The number of hydrogen-bond acceptors (Lipinski definition) is 2. The molecule has 3 aromatic rings. The van der Waals surface area contributed by atoms with Gasteiger partial charge in [0.25, 0.3) is 0 Å². The standard InChI is InChI=1S/C26H22O2/c1-13-5-17-9-19-11-20-10-18-6-14(2)16(4)8-22(18)26(28)24(20)12-23(19)25(27)21(17)7-15(13)3/h5-8,11-12H,9-10H2,1-4H3. The molecule has 0 fully saturated rings. The van der Waals surface area contributed by atoms with E-state index in [1.807, 2.05) is 32.0 Å². The third-order valence-electron chi connectivity index (χ3n) is 6.51. The normalized spacial score (nSPS) is 14.3. The lowest BCUT2D eigenvalue weighted by Gasteiger charge is -2.25. The number of aryl methyl sites for hydroxylation is 4. The maximum Gasteiger partial charge on any atom is 0.193 e. The van der Waals surface area contributed by atoms with Crippen LogP contribution in [0.5, 0.6) is 0 Å². The first-order valence-electron chi connectivity index (χ1n) is 9.79. The molecule has 0 saturated carbocycles. The molecule has 3 aromatic carbocycles. The fourth-order valence-corrected chi connectivity index (χ4v) is 4.58. The van der Waals surface area contributed by atoms with E-state index in [1.165, 1.54) is 11.1 Å². The molecule has 0 unspecified atom stereocenters. The van der Waals surface area contributed by atoms with E-state index in [0.29, 0.717) is 11.1 Å². The van der Waals surface area contributed by atoms with Crippen LogP contribution in [0.4, 0.5) is 0 Å². The lowest BCUT2D eigenvalue weighted by Crippen LogP contribution is -2.21. The maximum absolute atomic E-state index is 13.2. The summed E-state index contributed by atoms with van der Waals surface area (Å²) in [5.74, 6) is 0.0849. The molecule has 5 rings (SSSR count). The third-order valence-corrected chi connectivity index (χ3v) is 6.51. The Morgan fingerprint density at radius 3 is 1.21 bits per heavy atom. The second-order valence-corrected chi connectivity index (χ2v) is 8.37. The summed E-state index contributed by atoms with van der Waals surface area (Å²) in [6.45, 7) is 8.25. The summed E-state index contributed by atoms with van der Waals surface area (Å²) in [5.41, 5.74) is 11.9. The van der Waals surface area contributed by atoms with Gasteiger partial charge in [-0.2, -0.15) is 0 Å². The van der Waals surface area contributed by atoms with Crippen LogP contribution in [0.2, 0.25) is 0 Å². The highest BCUT2D eigenvalue weighted by Gasteiger charge is 2.30. The molecule has 138 valence electrons. The Morgan fingerprint density at radius 2 is 0.786 bits per heavy atom. The zero-order valence-corrected chi connectivity index (χ0v) is 16.7. The quantitative estimate of drug-likeness (QED) is 0.378. The summed E-state index contributed by atoms with van der Waals surface area (Å²) >= 11 is 0. The van der Waals surface area contributed by atoms with Crippen LogP contribution in [-0.4, -0.2) is 11.6 Å². The van der Waals surface area contributed by atoms with Gasteiger partial charge in [0.05, 0.1) is 0 Å². The van der Waals surface area contributed by atoms with Crippen molar-refractivity contribution in [3.8, 4) is 0 Å². The largest absolute Gasteiger partial charge is 0.289 e. The van der Waals surface area contributed by atoms with Gasteiger partial charge in [0.1, 0.15) is 0 Å². The molecule has 0 aliphatic heterocycles. The number of rotatable bonds is 0. The molecule has 0 heterocycles. The highest BCUT2D eigenvalue weighted by atomic mass is 16.1. The Balaban J connectivity index is 1.66. The number of hydrogen-bond donors (Lipinski definition) is 0. The Morgan fingerprint density at radius 1 is 0.464 bits per heavy atom. The van der Waals surface area contributed by atoms with Crippen molar-refractivity contribution in [1.29, 1.82) is 0 Å². The van der Waals surface area contributed by atoms with Crippen molar-refractivity contribution in [1.82, 2.24) is 0 Å². The van der Waals surface area contributed by atoms with E-state index >= 15 is 0 Å². The summed E-state index contributed by atoms with van der Waals surface area (Å²) in [6.07, 6.45) is 1.50. The van der Waals surface area contributed by atoms with Crippen molar-refractivity contribution in [2.24, 2.45) is 0 Å². The van der Waals surface area contributed by atoms with Gasteiger partial charge < -0.3 is 0 Å². The van der Waals surface area contributed by atoms with Crippen molar-refractivity contribution >= 4 is 11.6 Å². The smallest absolute Gasteiger partial charge is 0.193 e. The molecule has 2 heteroatoms. The highest BCUT2D eigenvalue weighted by molar-refractivity contribution is 6.17. The van der Waals surface area contributed by atoms with Gasteiger partial charge in [-0.25, -0.2) is 0 Å². The molecular weight excluding hydrogens is 344 g/mol. The second-order valence-electron chi connectivity index (χ2n) is 8.37. The van der Waals surface area contributed by atoms with Gasteiger partial charge >= 0.3 is 0 Å². The van der Waals surface area contributed by atoms with Crippen LogP contribution in [0.3, 0.4) is 0 Å². The fourth-order valence-electron chi connectivity index (χ4n) is 4.58. The molecule has 0 radical (unpaired) electrons. The minimum atomic E-state index is 0.0424. The van der Waals surface area contributed by atoms with Crippen LogP contribution in [0.25, 0.3) is 0 Å². The number of benzene rings is 3. The number of fused-ring (bicyclic) bond motifs is 4. The van der Waals surface area contributed by atoms with Gasteiger partial charge in [-0.1, -0.05) is 18.2 Å². The van der Waals surface area contributed by atoms with Gasteiger partial charge in [0.15, 0.2) is 11.6 Å². The molecule has 2 aliphatic carbocycles. The van der Waals surface area contributed by atoms with E-state index in [4.69, 9.17) is 0 Å². The molecule has 0 bridgehead atoms. The van der Waals surface area contributed by atoms with Crippen LogP contribution < -0.4 is 0 Å². The minimum absolute atomic E-state index is 0.0424. The van der Waals surface area contributed by atoms with Crippen LogP contribution >= 0.6 is 0 Å². The van der Waals surface area contributed by atoms with E-state index in [1.54, 1.807) is 0 Å². The summed E-state index contributed by atoms with van der Waals surface area (Å²) < 4.78 is 0. The molecule has 0 atom stereocenters. The minimum Gasteiger partial charge on any atom is -0.289 e. The second kappa shape index (κ2) is 5.75. The topological polar surface area (TPSA) is 34.1 Å². The SMILES string of the molecule is Cc1cc2c(cc1C)C(=O)c1cc3c(cc1C2)Cc1cc(C)c(C)cc1C3=O. The average Bonchev–Trinajstić information content (AvgIpc) is 2.65. The molecule has 0 saturated heterocycles. The van der Waals surface area contributed by atoms with Gasteiger partial charge in [0, 0.05) is 22.3 Å². The average molecular weight is 366 g/mol. The molecule has 28 heavy (non-hydrogen) atoms. The zero-order valence-electron chi connectivity index (χ0n) is 16.7. The first-order chi connectivity index (χ1) is 13.3. The molecular formula is C26H22O2. The van der Waals surface area contributed by atoms with Gasteiger partial charge in [0.2, 0.25) is 0 Å². The Kier molecular flexibility index (Phi) is 3.51. The Bertz CT molecular complexity index is 1140. The summed E-state index contributed by atoms with van der Waals surface area (Å²) in [5, 5.41) is 0. The van der Waals surface area contributed by atoms with Crippen LogP contribution in [0, 0.1) is 27.7 Å². The van der Waals surface area contributed by atoms with Gasteiger partial charge in [-0.15, -0.1) is 0 Å². The molecule has 0 amide bonds. The monoisotopic (exact) mass is 366 g/mol. The van der Waals surface area contributed by atoms with E-state index in [0.717, 1.165) is 57.3 Å². The van der Waals surface area contributed by atoms with Crippen LogP contribution in [0.1, 0.15) is 76.4 Å². The van der Waals surface area contributed by atoms with Crippen molar-refractivity contribution < 1.29 is 9.59 Å². The first kappa shape index (κ1) is 17.1. The fraction of sp³-hybridized carbons (Fsp3) is 0.231. The number of ketones is 2. The Labute approximate surface area is 165 Å². The van der Waals surface area contributed by atoms with Crippen molar-refractivity contribution in [3.05, 3.63) is 103 Å².